The summed E-state index contributed by atoms with van der Waals surface area (Å²) in [5.41, 5.74) is 9.69. The molecule has 3 aromatic rings. The van der Waals surface area contributed by atoms with Gasteiger partial charge in [-0.1, -0.05) is 12.1 Å². The van der Waals surface area contributed by atoms with E-state index >= 15 is 0 Å². The summed E-state index contributed by atoms with van der Waals surface area (Å²) in [5.74, 6) is -0.434. The molecule has 0 unspecified atom stereocenters. The maximum Gasteiger partial charge on any atom is 0.278 e. The number of pyridine rings is 1. The zero-order chi connectivity index (χ0) is 23.1. The van der Waals surface area contributed by atoms with Crippen molar-refractivity contribution >= 4 is 35.1 Å². The van der Waals surface area contributed by atoms with E-state index in [1.54, 1.807) is 24.7 Å². The van der Waals surface area contributed by atoms with Crippen molar-refractivity contribution in [3.05, 3.63) is 54.6 Å². The van der Waals surface area contributed by atoms with E-state index < -0.39 is 5.91 Å². The number of carbonyl (C=O) groups excluding carboxylic acids is 2. The Morgan fingerprint density at radius 2 is 2.00 bits per heavy atom. The first-order valence-electron chi connectivity index (χ1n) is 10.2. The Balaban J connectivity index is 1.86. The van der Waals surface area contributed by atoms with Crippen molar-refractivity contribution in [1.82, 2.24) is 15.0 Å². The van der Waals surface area contributed by atoms with Crippen molar-refractivity contribution in [2.75, 3.05) is 48.5 Å². The van der Waals surface area contributed by atoms with E-state index in [4.69, 9.17) is 5.73 Å². The topological polar surface area (TPSA) is 117 Å². The molecular weight excluding hydrogens is 406 g/mol. The SMILES string of the molecule is CN(C)c1cccc(-c2cnc(N)c(C(=O)Nc3cnccc3N(C)CCCC=O)n2)c1. The van der Waals surface area contributed by atoms with Crippen LogP contribution >= 0.6 is 0 Å². The predicted molar refractivity (Wildman–Crippen MR) is 127 cm³/mol. The Hall–Kier alpha value is -4.01. The third-order valence-corrected chi connectivity index (χ3v) is 4.95. The van der Waals surface area contributed by atoms with Crippen LogP contribution in [-0.2, 0) is 4.79 Å². The van der Waals surface area contributed by atoms with Crippen LogP contribution in [0.5, 0.6) is 0 Å². The van der Waals surface area contributed by atoms with E-state index in [0.29, 0.717) is 30.8 Å². The van der Waals surface area contributed by atoms with E-state index in [0.717, 1.165) is 23.2 Å². The summed E-state index contributed by atoms with van der Waals surface area (Å²) in [6.07, 6.45) is 6.85. The van der Waals surface area contributed by atoms with Gasteiger partial charge in [0.25, 0.3) is 5.91 Å². The Bertz CT molecular complexity index is 1100. The van der Waals surface area contributed by atoms with Gasteiger partial charge in [0.15, 0.2) is 11.5 Å². The van der Waals surface area contributed by atoms with Gasteiger partial charge in [-0.25, -0.2) is 9.97 Å². The molecule has 0 saturated carbocycles. The van der Waals surface area contributed by atoms with Crippen LogP contribution in [0.2, 0.25) is 0 Å². The molecule has 0 atom stereocenters. The molecule has 0 aliphatic carbocycles. The summed E-state index contributed by atoms with van der Waals surface area (Å²) in [6.45, 7) is 0.658. The number of hydrogen-bond donors (Lipinski definition) is 2. The lowest BCUT2D eigenvalue weighted by Gasteiger charge is -2.22. The molecule has 0 bridgehead atoms. The average molecular weight is 434 g/mol. The smallest absolute Gasteiger partial charge is 0.278 e. The van der Waals surface area contributed by atoms with Crippen molar-refractivity contribution in [2.24, 2.45) is 0 Å². The zero-order valence-electron chi connectivity index (χ0n) is 18.4. The molecule has 2 heterocycles. The first kappa shape index (κ1) is 22.7. The minimum Gasteiger partial charge on any atom is -0.382 e. The third kappa shape index (κ3) is 5.37. The maximum atomic E-state index is 13.0. The summed E-state index contributed by atoms with van der Waals surface area (Å²) in [7, 11) is 5.80. The van der Waals surface area contributed by atoms with Crippen LogP contribution < -0.4 is 20.9 Å². The summed E-state index contributed by atoms with van der Waals surface area (Å²) >= 11 is 0. The molecule has 0 aliphatic rings. The van der Waals surface area contributed by atoms with Gasteiger partial charge in [0.2, 0.25) is 0 Å². The molecule has 9 heteroatoms. The fourth-order valence-corrected chi connectivity index (χ4v) is 3.18. The summed E-state index contributed by atoms with van der Waals surface area (Å²) in [4.78, 5) is 40.3. The quantitative estimate of drug-likeness (QED) is 0.391. The number of nitrogens with one attached hydrogen (secondary N) is 1. The number of nitrogens with zero attached hydrogens (tertiary/aromatic N) is 5. The minimum atomic E-state index is -0.476. The van der Waals surface area contributed by atoms with Gasteiger partial charge in [-0.2, -0.15) is 0 Å². The second-order valence-electron chi connectivity index (χ2n) is 7.51. The average Bonchev–Trinajstić information content (AvgIpc) is 2.79. The van der Waals surface area contributed by atoms with Crippen molar-refractivity contribution in [1.29, 1.82) is 0 Å². The van der Waals surface area contributed by atoms with Gasteiger partial charge < -0.3 is 25.6 Å². The molecule has 0 aliphatic heterocycles. The zero-order valence-corrected chi connectivity index (χ0v) is 18.4. The maximum absolute atomic E-state index is 13.0. The highest BCUT2D eigenvalue weighted by atomic mass is 16.2. The number of hydrogen-bond acceptors (Lipinski definition) is 8. The number of aldehydes is 1. The lowest BCUT2D eigenvalue weighted by atomic mass is 10.1. The Morgan fingerprint density at radius 1 is 1.19 bits per heavy atom. The minimum absolute atomic E-state index is 0.0381. The molecule has 166 valence electrons. The normalized spacial score (nSPS) is 10.5. The lowest BCUT2D eigenvalue weighted by molar-refractivity contribution is -0.107. The standard InChI is InChI=1S/C23H27N7O2/c1-29(2)17-8-6-7-16(13-17)18-15-26-22(24)21(27-18)23(32)28-19-14-25-10-9-20(19)30(3)11-4-5-12-31/h6-10,12-15H,4-5,11H2,1-3H3,(H2,24,26)(H,28,32). The highest BCUT2D eigenvalue weighted by molar-refractivity contribution is 6.07. The molecule has 32 heavy (non-hydrogen) atoms. The Kier molecular flexibility index (Phi) is 7.33. The number of amides is 1. The molecular formula is C23H27N7O2. The highest BCUT2D eigenvalue weighted by Gasteiger charge is 2.18. The third-order valence-electron chi connectivity index (χ3n) is 4.95. The van der Waals surface area contributed by atoms with E-state index in [1.165, 1.54) is 0 Å². The molecule has 0 fully saturated rings. The van der Waals surface area contributed by atoms with Crippen molar-refractivity contribution in [2.45, 2.75) is 12.8 Å². The molecule has 3 rings (SSSR count). The van der Waals surface area contributed by atoms with Crippen molar-refractivity contribution < 1.29 is 9.59 Å². The van der Waals surface area contributed by atoms with Gasteiger partial charge in [0.1, 0.15) is 6.29 Å². The van der Waals surface area contributed by atoms with E-state index in [1.807, 2.05) is 55.2 Å². The van der Waals surface area contributed by atoms with Gasteiger partial charge in [-0.15, -0.1) is 0 Å². The van der Waals surface area contributed by atoms with Gasteiger partial charge in [0, 0.05) is 51.6 Å². The number of nitrogens with two attached hydrogens (primary N) is 1. The Morgan fingerprint density at radius 3 is 2.75 bits per heavy atom. The number of aromatic nitrogens is 3. The van der Waals surface area contributed by atoms with Crippen LogP contribution in [0.1, 0.15) is 23.3 Å². The number of nitrogen functional groups attached to an aromatic ring is 1. The van der Waals surface area contributed by atoms with E-state index in [2.05, 4.69) is 20.3 Å². The monoisotopic (exact) mass is 433 g/mol. The van der Waals surface area contributed by atoms with Crippen LogP contribution in [0.15, 0.2) is 48.9 Å². The molecule has 0 radical (unpaired) electrons. The first-order valence-corrected chi connectivity index (χ1v) is 10.2. The summed E-state index contributed by atoms with van der Waals surface area (Å²) in [6, 6.07) is 9.58. The van der Waals surface area contributed by atoms with Crippen LogP contribution in [0.3, 0.4) is 0 Å². The molecule has 0 spiro atoms. The van der Waals surface area contributed by atoms with Crippen LogP contribution in [0.25, 0.3) is 11.3 Å². The fraction of sp³-hybridized carbons (Fsp3) is 0.261. The molecule has 1 amide bonds. The summed E-state index contributed by atoms with van der Waals surface area (Å²) < 4.78 is 0. The largest absolute Gasteiger partial charge is 0.382 e. The Labute approximate surface area is 187 Å². The number of rotatable bonds is 9. The lowest BCUT2D eigenvalue weighted by Crippen LogP contribution is -2.23. The van der Waals surface area contributed by atoms with Crippen molar-refractivity contribution in [3.63, 3.8) is 0 Å². The molecule has 1 aromatic carbocycles. The summed E-state index contributed by atoms with van der Waals surface area (Å²) in [5, 5.41) is 2.84. The second kappa shape index (κ2) is 10.3. The first-order chi connectivity index (χ1) is 15.4. The van der Waals surface area contributed by atoms with Gasteiger partial charge in [-0.05, 0) is 24.6 Å². The number of carbonyl (C=O) groups is 2. The molecule has 9 nitrogen and oxygen atoms in total. The number of anilines is 4. The van der Waals surface area contributed by atoms with Gasteiger partial charge in [-0.3, -0.25) is 9.78 Å². The van der Waals surface area contributed by atoms with Crippen LogP contribution in [-0.4, -0.2) is 54.8 Å². The molecule has 0 saturated heterocycles. The van der Waals surface area contributed by atoms with Gasteiger partial charge >= 0.3 is 0 Å². The van der Waals surface area contributed by atoms with E-state index in [9.17, 15) is 9.59 Å². The van der Waals surface area contributed by atoms with Gasteiger partial charge in [0.05, 0.1) is 29.5 Å². The van der Waals surface area contributed by atoms with Crippen molar-refractivity contribution in [3.8, 4) is 11.3 Å². The fourth-order valence-electron chi connectivity index (χ4n) is 3.18. The van der Waals surface area contributed by atoms with Crippen LogP contribution in [0, 0.1) is 0 Å². The predicted octanol–water partition coefficient (Wildman–Crippen LogP) is 2.85. The molecule has 2 aromatic heterocycles. The second-order valence-corrected chi connectivity index (χ2v) is 7.51. The highest BCUT2D eigenvalue weighted by Crippen LogP contribution is 2.26. The molecule has 3 N–H and O–H groups in total. The van der Waals surface area contributed by atoms with Crippen LogP contribution in [0.4, 0.5) is 22.9 Å². The van der Waals surface area contributed by atoms with E-state index in [-0.39, 0.29) is 11.5 Å². The number of unbranched alkanes of at least 4 members (excludes halogenated alkanes) is 1. The number of benzene rings is 1.